The first kappa shape index (κ1) is 13.6. The van der Waals surface area contributed by atoms with Crippen molar-refractivity contribution in [3.05, 3.63) is 35.1 Å². The SMILES string of the molecule is CCCCNC(C(=O)O)c1ccc(F)c(C)c1. The van der Waals surface area contributed by atoms with Crippen LogP contribution >= 0.6 is 0 Å². The van der Waals surface area contributed by atoms with Crippen molar-refractivity contribution in [1.29, 1.82) is 0 Å². The Kier molecular flexibility index (Phi) is 5.10. The normalized spacial score (nSPS) is 12.4. The number of aliphatic carboxylic acids is 1. The summed E-state index contributed by atoms with van der Waals surface area (Å²) >= 11 is 0. The monoisotopic (exact) mass is 239 g/mol. The lowest BCUT2D eigenvalue weighted by molar-refractivity contribution is -0.139. The van der Waals surface area contributed by atoms with Crippen LogP contribution < -0.4 is 5.32 Å². The van der Waals surface area contributed by atoms with E-state index in [-0.39, 0.29) is 5.82 Å². The van der Waals surface area contributed by atoms with Crippen molar-refractivity contribution in [2.24, 2.45) is 0 Å². The second-order valence-corrected chi connectivity index (χ2v) is 4.09. The van der Waals surface area contributed by atoms with E-state index in [1.165, 1.54) is 12.1 Å². The average Bonchev–Trinajstić information content (AvgIpc) is 2.28. The number of nitrogens with one attached hydrogen (secondary N) is 1. The number of hydrogen-bond donors (Lipinski definition) is 2. The zero-order valence-corrected chi connectivity index (χ0v) is 10.2. The molecule has 17 heavy (non-hydrogen) atoms. The summed E-state index contributed by atoms with van der Waals surface area (Å²) in [6.45, 7) is 4.31. The Morgan fingerprint density at radius 1 is 1.53 bits per heavy atom. The second kappa shape index (κ2) is 6.35. The van der Waals surface area contributed by atoms with E-state index in [4.69, 9.17) is 5.11 Å². The Labute approximate surface area is 101 Å². The van der Waals surface area contributed by atoms with Crippen LogP contribution in [0.5, 0.6) is 0 Å². The summed E-state index contributed by atoms with van der Waals surface area (Å²) in [4.78, 5) is 11.1. The third kappa shape index (κ3) is 3.82. The van der Waals surface area contributed by atoms with E-state index in [9.17, 15) is 9.18 Å². The highest BCUT2D eigenvalue weighted by Crippen LogP contribution is 2.17. The van der Waals surface area contributed by atoms with Gasteiger partial charge in [-0.3, -0.25) is 4.79 Å². The van der Waals surface area contributed by atoms with Gasteiger partial charge in [0.2, 0.25) is 0 Å². The summed E-state index contributed by atoms with van der Waals surface area (Å²) in [6.07, 6.45) is 1.92. The molecule has 94 valence electrons. The smallest absolute Gasteiger partial charge is 0.325 e. The molecular formula is C13H18FNO2. The number of unbranched alkanes of at least 4 members (excludes halogenated alkanes) is 1. The molecule has 1 rings (SSSR count). The molecule has 0 aliphatic rings. The molecule has 0 radical (unpaired) electrons. The highest BCUT2D eigenvalue weighted by Gasteiger charge is 2.19. The Balaban J connectivity index is 2.82. The molecular weight excluding hydrogens is 221 g/mol. The number of carbonyl (C=O) groups is 1. The van der Waals surface area contributed by atoms with Gasteiger partial charge in [0.25, 0.3) is 0 Å². The molecule has 0 aliphatic heterocycles. The van der Waals surface area contributed by atoms with Crippen molar-refractivity contribution in [2.45, 2.75) is 32.7 Å². The van der Waals surface area contributed by atoms with E-state index in [1.807, 2.05) is 6.92 Å². The van der Waals surface area contributed by atoms with Gasteiger partial charge in [-0.05, 0) is 37.1 Å². The van der Waals surface area contributed by atoms with Crippen LogP contribution in [0, 0.1) is 12.7 Å². The average molecular weight is 239 g/mol. The van der Waals surface area contributed by atoms with E-state index < -0.39 is 12.0 Å². The van der Waals surface area contributed by atoms with Gasteiger partial charge in [-0.15, -0.1) is 0 Å². The molecule has 1 unspecified atom stereocenters. The van der Waals surface area contributed by atoms with Crippen LogP contribution in [0.25, 0.3) is 0 Å². The zero-order valence-electron chi connectivity index (χ0n) is 10.2. The summed E-state index contributed by atoms with van der Waals surface area (Å²) in [5.41, 5.74) is 1.05. The van der Waals surface area contributed by atoms with Crippen LogP contribution in [0.3, 0.4) is 0 Å². The molecule has 0 bridgehead atoms. The van der Waals surface area contributed by atoms with Crippen LogP contribution in [-0.4, -0.2) is 17.6 Å². The molecule has 0 aliphatic carbocycles. The lowest BCUT2D eigenvalue weighted by atomic mass is 10.0. The van der Waals surface area contributed by atoms with Crippen molar-refractivity contribution < 1.29 is 14.3 Å². The van der Waals surface area contributed by atoms with Crippen LogP contribution in [-0.2, 0) is 4.79 Å². The van der Waals surface area contributed by atoms with Crippen LogP contribution in [0.15, 0.2) is 18.2 Å². The van der Waals surface area contributed by atoms with Gasteiger partial charge in [-0.2, -0.15) is 0 Å². The van der Waals surface area contributed by atoms with Crippen LogP contribution in [0.4, 0.5) is 4.39 Å². The minimum absolute atomic E-state index is 0.313. The zero-order chi connectivity index (χ0) is 12.8. The molecule has 0 saturated heterocycles. The molecule has 0 amide bonds. The third-order valence-electron chi connectivity index (χ3n) is 2.64. The second-order valence-electron chi connectivity index (χ2n) is 4.09. The van der Waals surface area contributed by atoms with E-state index in [2.05, 4.69) is 5.32 Å². The van der Waals surface area contributed by atoms with Crippen molar-refractivity contribution in [1.82, 2.24) is 5.32 Å². The molecule has 1 aromatic carbocycles. The van der Waals surface area contributed by atoms with Crippen molar-refractivity contribution in [2.75, 3.05) is 6.54 Å². The van der Waals surface area contributed by atoms with Gasteiger partial charge in [0.15, 0.2) is 0 Å². The van der Waals surface area contributed by atoms with Gasteiger partial charge in [0.1, 0.15) is 11.9 Å². The van der Waals surface area contributed by atoms with Gasteiger partial charge in [-0.25, -0.2) is 4.39 Å². The Hall–Kier alpha value is -1.42. The lowest BCUT2D eigenvalue weighted by Crippen LogP contribution is -2.29. The minimum atomic E-state index is -0.938. The molecule has 0 spiro atoms. The predicted molar refractivity (Wildman–Crippen MR) is 64.4 cm³/mol. The molecule has 1 atom stereocenters. The fraction of sp³-hybridized carbons (Fsp3) is 0.462. The fourth-order valence-electron chi connectivity index (χ4n) is 1.62. The van der Waals surface area contributed by atoms with Crippen LogP contribution in [0.2, 0.25) is 0 Å². The van der Waals surface area contributed by atoms with Gasteiger partial charge >= 0.3 is 5.97 Å². The number of aryl methyl sites for hydroxylation is 1. The lowest BCUT2D eigenvalue weighted by Gasteiger charge is -2.15. The quantitative estimate of drug-likeness (QED) is 0.750. The van der Waals surface area contributed by atoms with Gasteiger partial charge < -0.3 is 10.4 Å². The number of carboxylic acids is 1. The Morgan fingerprint density at radius 3 is 2.76 bits per heavy atom. The fourth-order valence-corrected chi connectivity index (χ4v) is 1.62. The van der Waals surface area contributed by atoms with Crippen molar-refractivity contribution in [3.63, 3.8) is 0 Å². The molecule has 0 aromatic heterocycles. The Bertz CT molecular complexity index is 393. The van der Waals surface area contributed by atoms with Gasteiger partial charge in [-0.1, -0.05) is 25.5 Å². The maximum atomic E-state index is 13.1. The highest BCUT2D eigenvalue weighted by atomic mass is 19.1. The largest absolute Gasteiger partial charge is 0.480 e. The minimum Gasteiger partial charge on any atom is -0.480 e. The number of hydrogen-bond acceptors (Lipinski definition) is 2. The van der Waals surface area contributed by atoms with Crippen LogP contribution in [0.1, 0.15) is 36.9 Å². The predicted octanol–water partition coefficient (Wildman–Crippen LogP) is 2.65. The first-order valence-electron chi connectivity index (χ1n) is 5.78. The molecule has 1 aromatic rings. The Morgan fingerprint density at radius 2 is 2.24 bits per heavy atom. The molecule has 3 nitrogen and oxygen atoms in total. The van der Waals surface area contributed by atoms with E-state index in [0.717, 1.165) is 12.8 Å². The van der Waals surface area contributed by atoms with Crippen molar-refractivity contribution in [3.8, 4) is 0 Å². The van der Waals surface area contributed by atoms with Crippen molar-refractivity contribution >= 4 is 5.97 Å². The summed E-state index contributed by atoms with van der Waals surface area (Å²) in [7, 11) is 0. The summed E-state index contributed by atoms with van der Waals surface area (Å²) < 4.78 is 13.1. The van der Waals surface area contributed by atoms with Gasteiger partial charge in [0, 0.05) is 0 Å². The highest BCUT2D eigenvalue weighted by molar-refractivity contribution is 5.75. The number of benzene rings is 1. The number of rotatable bonds is 6. The summed E-state index contributed by atoms with van der Waals surface area (Å²) in [5.74, 6) is -1.25. The van der Waals surface area contributed by atoms with E-state index in [0.29, 0.717) is 17.7 Å². The first-order valence-corrected chi connectivity index (χ1v) is 5.78. The maximum Gasteiger partial charge on any atom is 0.325 e. The molecule has 0 fully saturated rings. The van der Waals surface area contributed by atoms with E-state index >= 15 is 0 Å². The molecule has 4 heteroatoms. The summed E-state index contributed by atoms with van der Waals surface area (Å²) in [5, 5.41) is 12.1. The maximum absolute atomic E-state index is 13.1. The van der Waals surface area contributed by atoms with E-state index in [1.54, 1.807) is 13.0 Å². The molecule has 0 saturated carbocycles. The van der Waals surface area contributed by atoms with Gasteiger partial charge in [0.05, 0.1) is 0 Å². The first-order chi connectivity index (χ1) is 8.06. The number of halogens is 1. The molecule has 2 N–H and O–H groups in total. The standard InChI is InChI=1S/C13H18FNO2/c1-3-4-7-15-12(13(16)17)10-5-6-11(14)9(2)8-10/h5-6,8,12,15H,3-4,7H2,1-2H3,(H,16,17). The third-order valence-corrected chi connectivity index (χ3v) is 2.64. The molecule has 0 heterocycles. The number of carboxylic acid groups (broad SMARTS) is 1. The summed E-state index contributed by atoms with van der Waals surface area (Å²) in [6, 6.07) is 3.63. The topological polar surface area (TPSA) is 49.3 Å².